The average Bonchev–Trinajstić information content (AvgIpc) is 3.04. The highest BCUT2D eigenvalue weighted by atomic mass is 35.5. The van der Waals surface area contributed by atoms with Crippen molar-refractivity contribution < 1.29 is 4.92 Å². The minimum absolute atomic E-state index is 0.130. The number of aromatic amines is 1. The quantitative estimate of drug-likeness (QED) is 0.428. The topological polar surface area (TPSA) is 101 Å². The monoisotopic (exact) mass is 372 g/mol. The lowest BCUT2D eigenvalue weighted by atomic mass is 9.96. The number of nitrogens with zero attached hydrogens (tertiary/aromatic N) is 5. The Balaban J connectivity index is 1.54. The zero-order chi connectivity index (χ0) is 18.3. The molecular formula is C17H17ClN6O2. The van der Waals surface area contributed by atoms with Gasteiger partial charge in [0.2, 0.25) is 11.0 Å². The zero-order valence-electron chi connectivity index (χ0n) is 14.1. The number of aromatic nitrogens is 4. The number of hydrogen-bond donors (Lipinski definition) is 1. The van der Waals surface area contributed by atoms with Crippen molar-refractivity contribution in [1.82, 2.24) is 19.9 Å². The van der Waals surface area contributed by atoms with Gasteiger partial charge in [0.1, 0.15) is 12.2 Å². The number of hydrogen-bond acceptors (Lipinski definition) is 6. The van der Waals surface area contributed by atoms with Crippen LogP contribution in [0.3, 0.4) is 0 Å². The minimum Gasteiger partial charge on any atom is -0.351 e. The van der Waals surface area contributed by atoms with E-state index in [-0.39, 0.29) is 22.6 Å². The van der Waals surface area contributed by atoms with Gasteiger partial charge in [-0.3, -0.25) is 10.1 Å². The normalized spacial score (nSPS) is 15.5. The second-order valence-corrected chi connectivity index (χ2v) is 6.86. The van der Waals surface area contributed by atoms with Gasteiger partial charge in [0.15, 0.2) is 0 Å². The molecule has 0 aliphatic carbocycles. The van der Waals surface area contributed by atoms with Crippen molar-refractivity contribution in [1.29, 1.82) is 0 Å². The van der Waals surface area contributed by atoms with Gasteiger partial charge in [-0.1, -0.05) is 17.7 Å². The van der Waals surface area contributed by atoms with Gasteiger partial charge in [0.25, 0.3) is 0 Å². The second-order valence-electron chi connectivity index (χ2n) is 6.50. The van der Waals surface area contributed by atoms with Gasteiger partial charge >= 0.3 is 5.69 Å². The Morgan fingerprint density at radius 1 is 1.31 bits per heavy atom. The predicted octanol–water partition coefficient (Wildman–Crippen LogP) is 3.61. The van der Waals surface area contributed by atoms with Crippen LogP contribution in [0.1, 0.15) is 30.1 Å². The molecule has 1 aliphatic rings. The number of nitro groups is 1. The van der Waals surface area contributed by atoms with Crippen molar-refractivity contribution in [2.75, 3.05) is 18.0 Å². The lowest BCUT2D eigenvalue weighted by molar-refractivity contribution is -0.384. The number of aryl methyl sites for hydroxylation is 1. The molecule has 134 valence electrons. The number of piperidine rings is 1. The summed E-state index contributed by atoms with van der Waals surface area (Å²) >= 11 is 5.89. The molecule has 0 unspecified atom stereocenters. The van der Waals surface area contributed by atoms with E-state index in [2.05, 4.69) is 27.9 Å². The van der Waals surface area contributed by atoms with Crippen molar-refractivity contribution in [2.24, 2.45) is 0 Å². The number of anilines is 1. The molecule has 0 radical (unpaired) electrons. The Hall–Kier alpha value is -2.74. The first-order valence-electron chi connectivity index (χ1n) is 8.39. The van der Waals surface area contributed by atoms with Crippen LogP contribution in [0.4, 0.5) is 11.5 Å². The first kappa shape index (κ1) is 16.7. The summed E-state index contributed by atoms with van der Waals surface area (Å²) in [5.74, 6) is 1.55. The summed E-state index contributed by atoms with van der Waals surface area (Å²) in [7, 11) is 0. The summed E-state index contributed by atoms with van der Waals surface area (Å²) in [5.41, 5.74) is 2.97. The number of H-pyrrole nitrogens is 1. The van der Waals surface area contributed by atoms with Gasteiger partial charge in [-0.05, 0) is 37.5 Å². The predicted molar refractivity (Wildman–Crippen MR) is 98.7 cm³/mol. The van der Waals surface area contributed by atoms with Crippen molar-refractivity contribution in [3.63, 3.8) is 0 Å². The summed E-state index contributed by atoms with van der Waals surface area (Å²) in [6.07, 6.45) is 2.92. The fraction of sp³-hybridized carbons (Fsp3) is 0.353. The van der Waals surface area contributed by atoms with E-state index in [0.717, 1.165) is 29.7 Å². The highest BCUT2D eigenvalue weighted by Crippen LogP contribution is 2.35. The standard InChI is InChI=1S/C17H17ClN6O2/c1-10-2-3-12-13(8-10)22-16(21-12)11-4-6-23(7-5-11)17-14(24(25)26)15(18)19-9-20-17/h2-3,8-9,11H,4-7H2,1H3,(H,21,22). The summed E-state index contributed by atoms with van der Waals surface area (Å²) in [6, 6.07) is 6.16. The Bertz CT molecular complexity index is 981. The maximum Gasteiger partial charge on any atom is 0.348 e. The third kappa shape index (κ3) is 2.96. The molecule has 0 atom stereocenters. The molecule has 3 aromatic rings. The largest absolute Gasteiger partial charge is 0.351 e. The lowest BCUT2D eigenvalue weighted by Gasteiger charge is -2.31. The van der Waals surface area contributed by atoms with Crippen molar-refractivity contribution >= 4 is 34.1 Å². The zero-order valence-corrected chi connectivity index (χ0v) is 14.9. The second kappa shape index (κ2) is 6.53. The number of fused-ring (bicyclic) bond motifs is 1. The number of imidazole rings is 1. The average molecular weight is 373 g/mol. The third-order valence-electron chi connectivity index (χ3n) is 4.78. The molecule has 2 aromatic heterocycles. The van der Waals surface area contributed by atoms with E-state index >= 15 is 0 Å². The van der Waals surface area contributed by atoms with Crippen LogP contribution in [0, 0.1) is 17.0 Å². The molecule has 0 spiro atoms. The summed E-state index contributed by atoms with van der Waals surface area (Å²) in [4.78, 5) is 28.6. The van der Waals surface area contributed by atoms with Gasteiger partial charge in [0, 0.05) is 19.0 Å². The number of rotatable bonds is 3. The molecule has 26 heavy (non-hydrogen) atoms. The van der Waals surface area contributed by atoms with Crippen LogP contribution in [0.5, 0.6) is 0 Å². The molecule has 1 saturated heterocycles. The highest BCUT2D eigenvalue weighted by molar-refractivity contribution is 6.31. The van der Waals surface area contributed by atoms with Crippen LogP contribution in [0.2, 0.25) is 5.15 Å². The molecular weight excluding hydrogens is 356 g/mol. The minimum atomic E-state index is -0.522. The number of nitrogens with one attached hydrogen (secondary N) is 1. The maximum absolute atomic E-state index is 11.3. The van der Waals surface area contributed by atoms with Gasteiger partial charge in [0.05, 0.1) is 16.0 Å². The molecule has 0 bridgehead atoms. The fourth-order valence-electron chi connectivity index (χ4n) is 3.44. The molecule has 9 heteroatoms. The van der Waals surface area contributed by atoms with E-state index in [0.29, 0.717) is 13.1 Å². The Kier molecular flexibility index (Phi) is 4.20. The third-order valence-corrected chi connectivity index (χ3v) is 5.05. The van der Waals surface area contributed by atoms with E-state index in [1.807, 2.05) is 17.0 Å². The van der Waals surface area contributed by atoms with Crippen LogP contribution in [0.15, 0.2) is 24.5 Å². The molecule has 1 aromatic carbocycles. The van der Waals surface area contributed by atoms with E-state index < -0.39 is 4.92 Å². The van der Waals surface area contributed by atoms with E-state index in [4.69, 9.17) is 16.6 Å². The molecule has 4 rings (SSSR count). The van der Waals surface area contributed by atoms with E-state index in [1.54, 1.807) is 0 Å². The van der Waals surface area contributed by atoms with Crippen LogP contribution < -0.4 is 4.90 Å². The molecule has 1 aliphatic heterocycles. The summed E-state index contributed by atoms with van der Waals surface area (Å²) < 4.78 is 0. The number of halogens is 1. The smallest absolute Gasteiger partial charge is 0.348 e. The Morgan fingerprint density at radius 2 is 2.08 bits per heavy atom. The molecule has 3 heterocycles. The fourth-order valence-corrected chi connectivity index (χ4v) is 3.64. The van der Waals surface area contributed by atoms with Gasteiger partial charge < -0.3 is 9.88 Å². The van der Waals surface area contributed by atoms with Gasteiger partial charge in [-0.15, -0.1) is 0 Å². The van der Waals surface area contributed by atoms with Crippen LogP contribution in [-0.4, -0.2) is 37.9 Å². The van der Waals surface area contributed by atoms with E-state index in [9.17, 15) is 10.1 Å². The van der Waals surface area contributed by atoms with Crippen molar-refractivity contribution in [2.45, 2.75) is 25.7 Å². The summed E-state index contributed by atoms with van der Waals surface area (Å²) in [5, 5.41) is 11.2. The molecule has 8 nitrogen and oxygen atoms in total. The highest BCUT2D eigenvalue weighted by Gasteiger charge is 2.30. The van der Waals surface area contributed by atoms with Crippen LogP contribution >= 0.6 is 11.6 Å². The maximum atomic E-state index is 11.3. The Morgan fingerprint density at radius 3 is 2.81 bits per heavy atom. The number of benzene rings is 1. The molecule has 1 fully saturated rings. The van der Waals surface area contributed by atoms with Crippen molar-refractivity contribution in [3.8, 4) is 0 Å². The van der Waals surface area contributed by atoms with E-state index in [1.165, 1.54) is 11.9 Å². The first-order valence-corrected chi connectivity index (χ1v) is 8.77. The molecule has 0 saturated carbocycles. The van der Waals surface area contributed by atoms with Gasteiger partial charge in [-0.2, -0.15) is 0 Å². The lowest BCUT2D eigenvalue weighted by Crippen LogP contribution is -2.34. The van der Waals surface area contributed by atoms with Gasteiger partial charge in [-0.25, -0.2) is 15.0 Å². The SMILES string of the molecule is Cc1ccc2nc(C3CCN(c4ncnc(Cl)c4[N+](=O)[O-])CC3)[nH]c2c1. The molecule has 1 N–H and O–H groups in total. The van der Waals surface area contributed by atoms with Crippen LogP contribution in [-0.2, 0) is 0 Å². The van der Waals surface area contributed by atoms with Crippen LogP contribution in [0.25, 0.3) is 11.0 Å². The molecule has 0 amide bonds. The van der Waals surface area contributed by atoms with Crippen molar-refractivity contribution in [3.05, 3.63) is 51.2 Å². The first-order chi connectivity index (χ1) is 12.5. The summed E-state index contributed by atoms with van der Waals surface area (Å²) in [6.45, 7) is 3.35. The Labute approximate surface area is 154 Å².